The van der Waals surface area contributed by atoms with Gasteiger partial charge in [-0.3, -0.25) is 14.7 Å². The van der Waals surface area contributed by atoms with Crippen LogP contribution in [0.1, 0.15) is 35.3 Å². The Morgan fingerprint density at radius 3 is 2.56 bits per heavy atom. The maximum absolute atomic E-state index is 12.5. The van der Waals surface area contributed by atoms with Crippen molar-refractivity contribution in [1.82, 2.24) is 19.8 Å². The average Bonchev–Trinajstić information content (AvgIpc) is 3.18. The third-order valence-corrected chi connectivity index (χ3v) is 6.06. The smallest absolute Gasteiger partial charge is 0.274 e. The first kappa shape index (κ1) is 18.4. The predicted molar refractivity (Wildman–Crippen MR) is 106 cm³/mol. The molecule has 0 bridgehead atoms. The SMILES string of the molecule is O=C(c1cnccn1)N1CCC(N2CCC(Cc3ccc(Cl)cc3)C2)CC1. The minimum Gasteiger partial charge on any atom is -0.337 e. The number of aromatic nitrogens is 2. The van der Waals surface area contributed by atoms with E-state index in [0.717, 1.165) is 43.9 Å². The number of piperidine rings is 1. The Kier molecular flexibility index (Phi) is 5.69. The van der Waals surface area contributed by atoms with Crippen LogP contribution in [0.4, 0.5) is 0 Å². The first-order valence-corrected chi connectivity index (χ1v) is 10.1. The van der Waals surface area contributed by atoms with E-state index in [1.807, 2.05) is 17.0 Å². The quantitative estimate of drug-likeness (QED) is 0.811. The van der Waals surface area contributed by atoms with Gasteiger partial charge in [-0.25, -0.2) is 4.98 Å². The lowest BCUT2D eigenvalue weighted by Gasteiger charge is -2.36. The van der Waals surface area contributed by atoms with E-state index in [0.29, 0.717) is 17.7 Å². The summed E-state index contributed by atoms with van der Waals surface area (Å²) < 4.78 is 0. The van der Waals surface area contributed by atoms with Gasteiger partial charge in [0.25, 0.3) is 5.91 Å². The molecule has 1 unspecified atom stereocenters. The van der Waals surface area contributed by atoms with Crippen molar-refractivity contribution in [2.75, 3.05) is 26.2 Å². The van der Waals surface area contributed by atoms with Crippen molar-refractivity contribution in [2.24, 2.45) is 5.92 Å². The third kappa shape index (κ3) is 4.47. The highest BCUT2D eigenvalue weighted by molar-refractivity contribution is 6.30. The number of rotatable bonds is 4. The maximum Gasteiger partial charge on any atom is 0.274 e. The Morgan fingerprint density at radius 2 is 1.85 bits per heavy atom. The van der Waals surface area contributed by atoms with E-state index in [2.05, 4.69) is 27.0 Å². The average molecular weight is 385 g/mol. The van der Waals surface area contributed by atoms with Gasteiger partial charge in [0, 0.05) is 43.1 Å². The van der Waals surface area contributed by atoms with Gasteiger partial charge in [-0.05, 0) is 55.8 Å². The van der Waals surface area contributed by atoms with Crippen LogP contribution in [-0.2, 0) is 6.42 Å². The van der Waals surface area contributed by atoms with Gasteiger partial charge < -0.3 is 4.90 Å². The van der Waals surface area contributed by atoms with Gasteiger partial charge in [0.05, 0.1) is 6.20 Å². The van der Waals surface area contributed by atoms with Crippen LogP contribution >= 0.6 is 11.6 Å². The largest absolute Gasteiger partial charge is 0.337 e. The minimum absolute atomic E-state index is 0.00332. The van der Waals surface area contributed by atoms with Crippen LogP contribution in [0.2, 0.25) is 5.02 Å². The molecule has 0 spiro atoms. The summed E-state index contributed by atoms with van der Waals surface area (Å²) in [5.41, 5.74) is 1.82. The number of likely N-dealkylation sites (tertiary alicyclic amines) is 2. The molecule has 1 aromatic carbocycles. The highest BCUT2D eigenvalue weighted by atomic mass is 35.5. The summed E-state index contributed by atoms with van der Waals surface area (Å²) in [6.45, 7) is 3.93. The molecule has 3 heterocycles. The fourth-order valence-corrected chi connectivity index (χ4v) is 4.45. The Hall–Kier alpha value is -1.98. The first-order chi connectivity index (χ1) is 13.2. The van der Waals surface area contributed by atoms with Crippen LogP contribution in [0, 0.1) is 5.92 Å². The summed E-state index contributed by atoms with van der Waals surface area (Å²) in [4.78, 5) is 25.2. The third-order valence-electron chi connectivity index (χ3n) is 5.81. The van der Waals surface area contributed by atoms with Crippen LogP contribution in [0.25, 0.3) is 0 Å². The van der Waals surface area contributed by atoms with E-state index >= 15 is 0 Å². The summed E-state index contributed by atoms with van der Waals surface area (Å²) >= 11 is 5.98. The van der Waals surface area contributed by atoms with Crippen LogP contribution < -0.4 is 0 Å². The Labute approximate surface area is 165 Å². The van der Waals surface area contributed by atoms with Gasteiger partial charge in [0.1, 0.15) is 5.69 Å². The van der Waals surface area contributed by atoms with Crippen molar-refractivity contribution in [3.8, 4) is 0 Å². The molecule has 6 heteroatoms. The molecule has 2 saturated heterocycles. The number of carbonyl (C=O) groups excluding carboxylic acids is 1. The van der Waals surface area contributed by atoms with Crippen molar-refractivity contribution < 1.29 is 4.79 Å². The number of nitrogens with zero attached hydrogens (tertiary/aromatic N) is 4. The molecule has 1 aromatic heterocycles. The number of halogens is 1. The van der Waals surface area contributed by atoms with Crippen molar-refractivity contribution >= 4 is 17.5 Å². The monoisotopic (exact) mass is 384 g/mol. The van der Waals surface area contributed by atoms with Crippen molar-refractivity contribution in [1.29, 1.82) is 0 Å². The van der Waals surface area contributed by atoms with Crippen molar-refractivity contribution in [2.45, 2.75) is 31.7 Å². The normalized spacial score (nSPS) is 21.5. The van der Waals surface area contributed by atoms with E-state index in [4.69, 9.17) is 11.6 Å². The highest BCUT2D eigenvalue weighted by Crippen LogP contribution is 2.27. The zero-order valence-electron chi connectivity index (χ0n) is 15.4. The van der Waals surface area contributed by atoms with E-state index in [9.17, 15) is 4.79 Å². The molecule has 0 aliphatic carbocycles. The molecule has 4 rings (SSSR count). The van der Waals surface area contributed by atoms with Gasteiger partial charge in [-0.2, -0.15) is 0 Å². The summed E-state index contributed by atoms with van der Waals surface area (Å²) in [7, 11) is 0. The molecule has 1 amide bonds. The molecule has 2 aliphatic heterocycles. The van der Waals surface area contributed by atoms with E-state index in [1.54, 1.807) is 18.6 Å². The fraction of sp³-hybridized carbons (Fsp3) is 0.476. The zero-order valence-corrected chi connectivity index (χ0v) is 16.2. The first-order valence-electron chi connectivity index (χ1n) is 9.73. The van der Waals surface area contributed by atoms with Gasteiger partial charge in [0.15, 0.2) is 0 Å². The number of amides is 1. The van der Waals surface area contributed by atoms with Gasteiger partial charge in [-0.1, -0.05) is 23.7 Å². The molecular weight excluding hydrogens is 360 g/mol. The second kappa shape index (κ2) is 8.36. The summed E-state index contributed by atoms with van der Waals surface area (Å²) in [6, 6.07) is 8.83. The molecule has 0 radical (unpaired) electrons. The molecule has 0 saturated carbocycles. The van der Waals surface area contributed by atoms with E-state index in [1.165, 1.54) is 18.5 Å². The van der Waals surface area contributed by atoms with Gasteiger partial charge in [0.2, 0.25) is 0 Å². The second-order valence-electron chi connectivity index (χ2n) is 7.59. The fourth-order valence-electron chi connectivity index (χ4n) is 4.32. The Bertz CT molecular complexity index is 760. The van der Waals surface area contributed by atoms with E-state index in [-0.39, 0.29) is 5.91 Å². The lowest BCUT2D eigenvalue weighted by atomic mass is 9.98. The Morgan fingerprint density at radius 1 is 1.07 bits per heavy atom. The van der Waals surface area contributed by atoms with Gasteiger partial charge >= 0.3 is 0 Å². The molecule has 1 atom stereocenters. The minimum atomic E-state index is 0.00332. The standard InChI is InChI=1S/C21H25ClN4O/c22-18-3-1-16(2-4-18)13-17-5-10-26(15-17)19-6-11-25(12-7-19)21(27)20-14-23-8-9-24-20/h1-4,8-9,14,17,19H,5-7,10-13,15H2. The molecule has 142 valence electrons. The molecule has 0 N–H and O–H groups in total. The topological polar surface area (TPSA) is 49.3 Å². The van der Waals surface area contributed by atoms with Crippen LogP contribution in [0.5, 0.6) is 0 Å². The van der Waals surface area contributed by atoms with Crippen LogP contribution in [0.3, 0.4) is 0 Å². The predicted octanol–water partition coefficient (Wildman–Crippen LogP) is 3.30. The zero-order chi connectivity index (χ0) is 18.6. The molecule has 5 nitrogen and oxygen atoms in total. The summed E-state index contributed by atoms with van der Waals surface area (Å²) in [6.07, 6.45) is 9.18. The second-order valence-corrected chi connectivity index (χ2v) is 8.03. The van der Waals surface area contributed by atoms with Gasteiger partial charge in [-0.15, -0.1) is 0 Å². The molecule has 2 aliphatic rings. The maximum atomic E-state index is 12.5. The molecule has 2 fully saturated rings. The molecule has 27 heavy (non-hydrogen) atoms. The number of benzene rings is 1. The number of hydrogen-bond donors (Lipinski definition) is 0. The van der Waals surface area contributed by atoms with E-state index < -0.39 is 0 Å². The van der Waals surface area contributed by atoms with Crippen LogP contribution in [0.15, 0.2) is 42.9 Å². The lowest BCUT2D eigenvalue weighted by molar-refractivity contribution is 0.0635. The number of hydrogen-bond acceptors (Lipinski definition) is 4. The number of carbonyl (C=O) groups is 1. The molecule has 2 aromatic rings. The lowest BCUT2D eigenvalue weighted by Crippen LogP contribution is -2.46. The highest BCUT2D eigenvalue weighted by Gasteiger charge is 2.32. The molecular formula is C21H25ClN4O. The summed E-state index contributed by atoms with van der Waals surface area (Å²) in [5, 5.41) is 0.801. The van der Waals surface area contributed by atoms with Crippen molar-refractivity contribution in [3.05, 3.63) is 59.1 Å². The summed E-state index contributed by atoms with van der Waals surface area (Å²) in [5.74, 6) is 0.717. The van der Waals surface area contributed by atoms with Crippen molar-refractivity contribution in [3.63, 3.8) is 0 Å². The van der Waals surface area contributed by atoms with Crippen LogP contribution in [-0.4, -0.2) is 57.9 Å². The Balaban J connectivity index is 1.26.